The van der Waals surface area contributed by atoms with Gasteiger partial charge in [-0.2, -0.15) is 0 Å². The van der Waals surface area contributed by atoms with E-state index in [0.29, 0.717) is 12.6 Å². The molecule has 0 radical (unpaired) electrons. The van der Waals surface area contributed by atoms with E-state index in [1.165, 1.54) is 11.1 Å². The standard InChI is InChI=1S/C24H25Br2NO/c1-18(12-13-19-8-4-2-5-9-19)27-16-21-14-22(25)24(23(26)15-21)28-17-20-10-6-3-7-11-20/h2-11,14-15,18,27H,12-13,16-17H2,1H3/t18-/m1/s1. The van der Waals surface area contributed by atoms with Gasteiger partial charge in [0.1, 0.15) is 12.4 Å². The zero-order valence-electron chi connectivity index (χ0n) is 16.0. The predicted octanol–water partition coefficient (Wildman–Crippen LogP) is 6.90. The van der Waals surface area contributed by atoms with Crippen LogP contribution in [0.25, 0.3) is 0 Å². The Bertz CT molecular complexity index is 845. The molecule has 3 rings (SSSR count). The Morgan fingerprint density at radius 1 is 0.821 bits per heavy atom. The summed E-state index contributed by atoms with van der Waals surface area (Å²) in [4.78, 5) is 0. The number of hydrogen-bond donors (Lipinski definition) is 1. The van der Waals surface area contributed by atoms with E-state index < -0.39 is 0 Å². The molecule has 0 aromatic heterocycles. The van der Waals surface area contributed by atoms with E-state index in [1.807, 2.05) is 18.2 Å². The number of aryl methyl sites for hydroxylation is 1. The molecule has 0 amide bonds. The average molecular weight is 503 g/mol. The van der Waals surface area contributed by atoms with Gasteiger partial charge in [-0.1, -0.05) is 60.7 Å². The van der Waals surface area contributed by atoms with Gasteiger partial charge >= 0.3 is 0 Å². The van der Waals surface area contributed by atoms with Crippen LogP contribution in [0.1, 0.15) is 30.0 Å². The zero-order valence-corrected chi connectivity index (χ0v) is 19.2. The van der Waals surface area contributed by atoms with E-state index in [4.69, 9.17) is 4.74 Å². The Balaban J connectivity index is 1.52. The van der Waals surface area contributed by atoms with Gasteiger partial charge in [0.2, 0.25) is 0 Å². The van der Waals surface area contributed by atoms with Gasteiger partial charge in [-0.05, 0) is 80.4 Å². The lowest BCUT2D eigenvalue weighted by Gasteiger charge is -2.16. The lowest BCUT2D eigenvalue weighted by atomic mass is 10.1. The summed E-state index contributed by atoms with van der Waals surface area (Å²) in [6.07, 6.45) is 2.21. The van der Waals surface area contributed by atoms with Crippen molar-refractivity contribution in [2.45, 2.75) is 39.0 Å². The van der Waals surface area contributed by atoms with Gasteiger partial charge in [0, 0.05) is 12.6 Å². The van der Waals surface area contributed by atoms with Gasteiger partial charge in [0.25, 0.3) is 0 Å². The summed E-state index contributed by atoms with van der Waals surface area (Å²) in [7, 11) is 0. The van der Waals surface area contributed by atoms with Crippen LogP contribution in [0.3, 0.4) is 0 Å². The molecule has 0 aliphatic rings. The van der Waals surface area contributed by atoms with Gasteiger partial charge in [-0.25, -0.2) is 0 Å². The van der Waals surface area contributed by atoms with Crippen molar-refractivity contribution < 1.29 is 4.74 Å². The second kappa shape index (κ2) is 10.8. The molecular formula is C24H25Br2NO. The molecule has 3 aromatic rings. The van der Waals surface area contributed by atoms with Crippen LogP contribution in [0, 0.1) is 0 Å². The smallest absolute Gasteiger partial charge is 0.148 e. The highest BCUT2D eigenvalue weighted by molar-refractivity contribution is 9.11. The first-order valence-electron chi connectivity index (χ1n) is 9.54. The highest BCUT2D eigenvalue weighted by Gasteiger charge is 2.10. The van der Waals surface area contributed by atoms with Gasteiger partial charge < -0.3 is 10.1 Å². The summed E-state index contributed by atoms with van der Waals surface area (Å²) in [6.45, 7) is 3.61. The molecule has 4 heteroatoms. The summed E-state index contributed by atoms with van der Waals surface area (Å²) in [5, 5.41) is 3.62. The minimum atomic E-state index is 0.451. The van der Waals surface area contributed by atoms with E-state index in [0.717, 1.165) is 39.6 Å². The molecule has 3 aromatic carbocycles. The normalized spacial score (nSPS) is 12.0. The van der Waals surface area contributed by atoms with E-state index >= 15 is 0 Å². The van der Waals surface area contributed by atoms with Crippen molar-refractivity contribution in [3.8, 4) is 5.75 Å². The van der Waals surface area contributed by atoms with Crippen molar-refractivity contribution in [2.24, 2.45) is 0 Å². The summed E-state index contributed by atoms with van der Waals surface area (Å²) >= 11 is 7.31. The van der Waals surface area contributed by atoms with E-state index in [2.05, 4.69) is 98.7 Å². The minimum Gasteiger partial charge on any atom is -0.487 e. The first-order chi connectivity index (χ1) is 13.6. The first-order valence-corrected chi connectivity index (χ1v) is 11.1. The second-order valence-corrected chi connectivity index (χ2v) is 8.68. The van der Waals surface area contributed by atoms with Crippen molar-refractivity contribution in [1.82, 2.24) is 5.32 Å². The average Bonchev–Trinajstić information content (AvgIpc) is 2.71. The van der Waals surface area contributed by atoms with Crippen LogP contribution in [0.15, 0.2) is 81.7 Å². The van der Waals surface area contributed by atoms with Gasteiger partial charge in [0.05, 0.1) is 8.95 Å². The molecule has 0 spiro atoms. The van der Waals surface area contributed by atoms with Gasteiger partial charge in [-0.3, -0.25) is 0 Å². The topological polar surface area (TPSA) is 21.3 Å². The van der Waals surface area contributed by atoms with Crippen molar-refractivity contribution in [3.63, 3.8) is 0 Å². The lowest BCUT2D eigenvalue weighted by molar-refractivity contribution is 0.302. The monoisotopic (exact) mass is 501 g/mol. The molecule has 0 saturated carbocycles. The van der Waals surface area contributed by atoms with Crippen LogP contribution >= 0.6 is 31.9 Å². The number of nitrogens with one attached hydrogen (secondary N) is 1. The summed E-state index contributed by atoms with van der Waals surface area (Å²) < 4.78 is 7.94. The molecule has 0 fully saturated rings. The third-order valence-electron chi connectivity index (χ3n) is 4.65. The van der Waals surface area contributed by atoms with E-state index in [9.17, 15) is 0 Å². The third-order valence-corrected chi connectivity index (χ3v) is 5.83. The maximum absolute atomic E-state index is 6.01. The van der Waals surface area contributed by atoms with E-state index in [-0.39, 0.29) is 0 Å². The van der Waals surface area contributed by atoms with Crippen LogP contribution in [0.2, 0.25) is 0 Å². The number of hydrogen-bond acceptors (Lipinski definition) is 2. The summed E-state index contributed by atoms with van der Waals surface area (Å²) in [5.41, 5.74) is 3.76. The van der Waals surface area contributed by atoms with Crippen LogP contribution < -0.4 is 10.1 Å². The first kappa shape index (κ1) is 21.1. The Morgan fingerprint density at radius 2 is 1.39 bits per heavy atom. The number of benzene rings is 3. The van der Waals surface area contributed by atoms with Crippen molar-refractivity contribution in [1.29, 1.82) is 0 Å². The summed E-state index contributed by atoms with van der Waals surface area (Å²) in [6, 6.07) is 25.5. The molecule has 146 valence electrons. The van der Waals surface area contributed by atoms with Crippen LogP contribution in [-0.2, 0) is 19.6 Å². The quantitative estimate of drug-likeness (QED) is 0.343. The van der Waals surface area contributed by atoms with Crippen LogP contribution in [0.5, 0.6) is 5.75 Å². The fraction of sp³-hybridized carbons (Fsp3) is 0.250. The number of halogens is 2. The molecule has 0 saturated heterocycles. The Labute approximate surface area is 184 Å². The van der Waals surface area contributed by atoms with Crippen LogP contribution in [0.4, 0.5) is 0 Å². The van der Waals surface area contributed by atoms with Crippen LogP contribution in [-0.4, -0.2) is 6.04 Å². The molecule has 2 nitrogen and oxygen atoms in total. The van der Waals surface area contributed by atoms with Gasteiger partial charge in [0.15, 0.2) is 0 Å². The maximum Gasteiger partial charge on any atom is 0.148 e. The molecule has 0 aliphatic heterocycles. The zero-order chi connectivity index (χ0) is 19.8. The number of ether oxygens (including phenoxy) is 1. The Morgan fingerprint density at radius 3 is 2.00 bits per heavy atom. The van der Waals surface area contributed by atoms with E-state index in [1.54, 1.807) is 0 Å². The van der Waals surface area contributed by atoms with Crippen molar-refractivity contribution >= 4 is 31.9 Å². The molecule has 0 unspecified atom stereocenters. The highest BCUT2D eigenvalue weighted by Crippen LogP contribution is 2.35. The molecule has 28 heavy (non-hydrogen) atoms. The largest absolute Gasteiger partial charge is 0.487 e. The Hall–Kier alpha value is -1.62. The maximum atomic E-state index is 6.01. The molecule has 0 bridgehead atoms. The highest BCUT2D eigenvalue weighted by atomic mass is 79.9. The molecule has 1 atom stereocenters. The minimum absolute atomic E-state index is 0.451. The van der Waals surface area contributed by atoms with Gasteiger partial charge in [-0.15, -0.1) is 0 Å². The van der Waals surface area contributed by atoms with Crippen molar-refractivity contribution in [3.05, 3.63) is 98.4 Å². The molecule has 0 heterocycles. The summed E-state index contributed by atoms with van der Waals surface area (Å²) in [5.74, 6) is 0.838. The molecular weight excluding hydrogens is 478 g/mol. The number of rotatable bonds is 9. The molecule has 1 N–H and O–H groups in total. The fourth-order valence-corrected chi connectivity index (χ4v) is 4.51. The predicted molar refractivity (Wildman–Crippen MR) is 124 cm³/mol. The lowest BCUT2D eigenvalue weighted by Crippen LogP contribution is -2.26. The SMILES string of the molecule is C[C@H](CCc1ccccc1)NCc1cc(Br)c(OCc2ccccc2)c(Br)c1. The second-order valence-electron chi connectivity index (χ2n) is 6.97. The van der Waals surface area contributed by atoms with Crippen molar-refractivity contribution in [2.75, 3.05) is 0 Å². The fourth-order valence-electron chi connectivity index (χ4n) is 3.00. The molecule has 0 aliphatic carbocycles. The Kier molecular flexibility index (Phi) is 8.13. The third kappa shape index (κ3) is 6.47.